The summed E-state index contributed by atoms with van der Waals surface area (Å²) in [6.45, 7) is 0.618. The standard InChI is InChI=1S/C14H15N3O4S/c1-15-10-11-3-2-4-12(9-11)16-22(20,21)14-7-5-13(6-8-14)17(18)19/h2-9,15-16H,10H2,1H3. The molecule has 2 rings (SSSR count). The molecule has 2 aromatic rings. The molecule has 0 atom stereocenters. The van der Waals surface area contributed by atoms with Gasteiger partial charge in [0.15, 0.2) is 0 Å². The van der Waals surface area contributed by atoms with Crippen LogP contribution in [-0.2, 0) is 16.6 Å². The number of hydrogen-bond donors (Lipinski definition) is 2. The third-order valence-electron chi connectivity index (χ3n) is 2.92. The molecule has 2 aromatic carbocycles. The summed E-state index contributed by atoms with van der Waals surface area (Å²) in [5.41, 5.74) is 1.22. The van der Waals surface area contributed by atoms with Crippen LogP contribution in [0.15, 0.2) is 53.4 Å². The first-order valence-corrected chi connectivity index (χ1v) is 7.91. The fourth-order valence-electron chi connectivity index (χ4n) is 1.91. The first-order chi connectivity index (χ1) is 10.4. The second kappa shape index (κ2) is 6.54. The molecule has 0 heterocycles. The van der Waals surface area contributed by atoms with E-state index in [2.05, 4.69) is 10.0 Å². The van der Waals surface area contributed by atoms with Crippen LogP contribution >= 0.6 is 0 Å². The maximum absolute atomic E-state index is 12.3. The van der Waals surface area contributed by atoms with Gasteiger partial charge in [0, 0.05) is 24.4 Å². The van der Waals surface area contributed by atoms with Gasteiger partial charge >= 0.3 is 0 Å². The van der Waals surface area contributed by atoms with E-state index in [9.17, 15) is 18.5 Å². The van der Waals surface area contributed by atoms with Gasteiger partial charge < -0.3 is 5.32 Å². The number of rotatable bonds is 6. The Balaban J connectivity index is 2.23. The number of sulfonamides is 1. The van der Waals surface area contributed by atoms with Gasteiger partial charge in [-0.25, -0.2) is 8.42 Å². The Morgan fingerprint density at radius 3 is 2.41 bits per heavy atom. The SMILES string of the molecule is CNCc1cccc(NS(=O)(=O)c2ccc([N+](=O)[O-])cc2)c1. The van der Waals surface area contributed by atoms with Crippen LogP contribution in [0.3, 0.4) is 0 Å². The van der Waals surface area contributed by atoms with Crippen LogP contribution in [0, 0.1) is 10.1 Å². The predicted octanol–water partition coefficient (Wildman–Crippen LogP) is 2.11. The monoisotopic (exact) mass is 321 g/mol. The molecule has 0 aromatic heterocycles. The lowest BCUT2D eigenvalue weighted by Crippen LogP contribution is -2.13. The highest BCUT2D eigenvalue weighted by Gasteiger charge is 2.16. The molecule has 0 aliphatic rings. The van der Waals surface area contributed by atoms with Crippen molar-refractivity contribution in [2.45, 2.75) is 11.4 Å². The van der Waals surface area contributed by atoms with E-state index in [-0.39, 0.29) is 10.6 Å². The van der Waals surface area contributed by atoms with Gasteiger partial charge in [-0.15, -0.1) is 0 Å². The zero-order valence-electron chi connectivity index (χ0n) is 11.8. The highest BCUT2D eigenvalue weighted by molar-refractivity contribution is 7.92. The van der Waals surface area contributed by atoms with Gasteiger partial charge in [0.25, 0.3) is 15.7 Å². The summed E-state index contributed by atoms with van der Waals surface area (Å²) in [6.07, 6.45) is 0. The highest BCUT2D eigenvalue weighted by atomic mass is 32.2. The van der Waals surface area contributed by atoms with Crippen LogP contribution in [0.5, 0.6) is 0 Å². The molecule has 0 saturated heterocycles. The quantitative estimate of drug-likeness (QED) is 0.627. The Morgan fingerprint density at radius 2 is 1.82 bits per heavy atom. The highest BCUT2D eigenvalue weighted by Crippen LogP contribution is 2.19. The number of nitro groups is 1. The number of nitrogens with one attached hydrogen (secondary N) is 2. The molecular formula is C14H15N3O4S. The number of non-ortho nitro benzene ring substituents is 1. The summed E-state index contributed by atoms with van der Waals surface area (Å²) in [6, 6.07) is 11.7. The molecular weight excluding hydrogens is 306 g/mol. The van der Waals surface area contributed by atoms with Gasteiger partial charge in [0.1, 0.15) is 0 Å². The number of anilines is 1. The molecule has 116 valence electrons. The molecule has 0 saturated carbocycles. The maximum atomic E-state index is 12.3. The van der Waals surface area contributed by atoms with Crippen LogP contribution in [-0.4, -0.2) is 20.4 Å². The Kier molecular flexibility index (Phi) is 4.74. The molecule has 0 bridgehead atoms. The minimum absolute atomic E-state index is 0.0304. The predicted molar refractivity (Wildman–Crippen MR) is 83.1 cm³/mol. The van der Waals surface area contributed by atoms with Crippen LogP contribution in [0.2, 0.25) is 0 Å². The lowest BCUT2D eigenvalue weighted by Gasteiger charge is -2.09. The second-order valence-corrected chi connectivity index (χ2v) is 6.27. The molecule has 0 aliphatic carbocycles. The third kappa shape index (κ3) is 3.80. The smallest absolute Gasteiger partial charge is 0.269 e. The summed E-state index contributed by atoms with van der Waals surface area (Å²) in [5.74, 6) is 0. The molecule has 0 amide bonds. The van der Waals surface area contributed by atoms with Gasteiger partial charge in [-0.1, -0.05) is 12.1 Å². The normalized spacial score (nSPS) is 11.1. The minimum atomic E-state index is -3.78. The van der Waals surface area contributed by atoms with Crippen LogP contribution in [0.1, 0.15) is 5.56 Å². The summed E-state index contributed by atoms with van der Waals surface area (Å²) in [7, 11) is -1.98. The van der Waals surface area contributed by atoms with E-state index in [0.717, 1.165) is 17.7 Å². The van der Waals surface area contributed by atoms with Crippen molar-refractivity contribution in [3.8, 4) is 0 Å². The molecule has 0 fully saturated rings. The molecule has 8 heteroatoms. The maximum Gasteiger partial charge on any atom is 0.269 e. The lowest BCUT2D eigenvalue weighted by atomic mass is 10.2. The summed E-state index contributed by atoms with van der Waals surface area (Å²) >= 11 is 0. The Labute approximate surface area is 128 Å². The lowest BCUT2D eigenvalue weighted by molar-refractivity contribution is -0.384. The van der Waals surface area contributed by atoms with Crippen LogP contribution < -0.4 is 10.0 Å². The van der Waals surface area contributed by atoms with Crippen molar-refractivity contribution in [1.29, 1.82) is 0 Å². The second-order valence-electron chi connectivity index (χ2n) is 4.59. The van der Waals surface area contributed by atoms with Crippen molar-refractivity contribution in [2.24, 2.45) is 0 Å². The number of hydrogen-bond acceptors (Lipinski definition) is 5. The van der Waals surface area contributed by atoms with Gasteiger partial charge in [0.2, 0.25) is 0 Å². The molecule has 22 heavy (non-hydrogen) atoms. The number of benzene rings is 2. The Bertz CT molecular complexity index is 773. The largest absolute Gasteiger partial charge is 0.316 e. The fraction of sp³-hybridized carbons (Fsp3) is 0.143. The number of nitrogens with zero attached hydrogens (tertiary/aromatic N) is 1. The van der Waals surface area contributed by atoms with Crippen molar-refractivity contribution in [2.75, 3.05) is 11.8 Å². The van der Waals surface area contributed by atoms with Gasteiger partial charge in [-0.2, -0.15) is 0 Å². The Hall–Kier alpha value is -2.45. The summed E-state index contributed by atoms with van der Waals surface area (Å²) in [5, 5.41) is 13.6. The minimum Gasteiger partial charge on any atom is -0.316 e. The van der Waals surface area contributed by atoms with E-state index in [4.69, 9.17) is 0 Å². The molecule has 7 nitrogen and oxygen atoms in total. The van der Waals surface area contributed by atoms with Crippen LogP contribution in [0.25, 0.3) is 0 Å². The van der Waals surface area contributed by atoms with Gasteiger partial charge in [-0.3, -0.25) is 14.8 Å². The molecule has 2 N–H and O–H groups in total. The molecule has 0 spiro atoms. The summed E-state index contributed by atoms with van der Waals surface area (Å²) in [4.78, 5) is 9.98. The molecule has 0 unspecified atom stereocenters. The third-order valence-corrected chi connectivity index (χ3v) is 4.32. The first-order valence-electron chi connectivity index (χ1n) is 6.43. The first kappa shape index (κ1) is 15.9. The average molecular weight is 321 g/mol. The zero-order chi connectivity index (χ0) is 16.2. The van der Waals surface area contributed by atoms with E-state index >= 15 is 0 Å². The zero-order valence-corrected chi connectivity index (χ0v) is 12.6. The molecule has 0 aliphatic heterocycles. The van der Waals surface area contributed by atoms with E-state index in [0.29, 0.717) is 12.2 Å². The Morgan fingerprint density at radius 1 is 1.14 bits per heavy atom. The van der Waals surface area contributed by atoms with Crippen molar-refractivity contribution < 1.29 is 13.3 Å². The van der Waals surface area contributed by atoms with E-state index < -0.39 is 14.9 Å². The fourth-order valence-corrected chi connectivity index (χ4v) is 2.96. The van der Waals surface area contributed by atoms with Crippen molar-refractivity contribution in [3.63, 3.8) is 0 Å². The van der Waals surface area contributed by atoms with E-state index in [1.165, 1.54) is 12.1 Å². The van der Waals surface area contributed by atoms with Crippen molar-refractivity contribution >= 4 is 21.4 Å². The van der Waals surface area contributed by atoms with Gasteiger partial charge in [0.05, 0.1) is 9.82 Å². The van der Waals surface area contributed by atoms with Crippen molar-refractivity contribution in [1.82, 2.24) is 5.32 Å². The van der Waals surface area contributed by atoms with E-state index in [1.807, 2.05) is 6.07 Å². The van der Waals surface area contributed by atoms with Crippen molar-refractivity contribution in [3.05, 3.63) is 64.2 Å². The van der Waals surface area contributed by atoms with Crippen LogP contribution in [0.4, 0.5) is 11.4 Å². The van der Waals surface area contributed by atoms with E-state index in [1.54, 1.807) is 25.2 Å². The van der Waals surface area contributed by atoms with Gasteiger partial charge in [-0.05, 0) is 36.9 Å². The average Bonchev–Trinajstić information content (AvgIpc) is 2.47. The molecule has 0 radical (unpaired) electrons. The topological polar surface area (TPSA) is 101 Å². The number of nitro benzene ring substituents is 1. The summed E-state index contributed by atoms with van der Waals surface area (Å²) < 4.78 is 27.0.